The van der Waals surface area contributed by atoms with Gasteiger partial charge in [0.2, 0.25) is 11.7 Å². The molecule has 0 amide bonds. The van der Waals surface area contributed by atoms with E-state index in [0.717, 1.165) is 5.56 Å². The Morgan fingerprint density at radius 1 is 1.17 bits per heavy atom. The lowest BCUT2D eigenvalue weighted by Gasteiger charge is -2.06. The van der Waals surface area contributed by atoms with Crippen LogP contribution in [-0.4, -0.2) is 27.7 Å². The van der Waals surface area contributed by atoms with Gasteiger partial charge in [-0.2, -0.15) is 9.35 Å². The van der Waals surface area contributed by atoms with E-state index in [2.05, 4.69) is 14.5 Å². The third kappa shape index (κ3) is 3.46. The van der Waals surface area contributed by atoms with Gasteiger partial charge in [-0.25, -0.2) is 4.21 Å². The van der Waals surface area contributed by atoms with E-state index in [1.165, 1.54) is 0 Å². The Balaban J connectivity index is 1.98. The Morgan fingerprint density at radius 2 is 1.92 bits per heavy atom. The fraction of sp³-hybridized carbons (Fsp3) is 0.176. The number of methoxy groups -OCH3 is 1. The summed E-state index contributed by atoms with van der Waals surface area (Å²) in [5.74, 6) is 1.69. The van der Waals surface area contributed by atoms with Crippen molar-refractivity contribution in [3.8, 4) is 17.1 Å². The average Bonchev–Trinajstić information content (AvgIpc) is 3.01. The summed E-state index contributed by atoms with van der Waals surface area (Å²) in [5.41, 5.74) is 1.36. The number of hydrogen-bond donors (Lipinski definition) is 0. The van der Waals surface area contributed by atoms with Crippen molar-refractivity contribution in [1.82, 2.24) is 10.1 Å². The molecule has 6 nitrogen and oxygen atoms in total. The summed E-state index contributed by atoms with van der Waals surface area (Å²) in [6.07, 6.45) is 1.61. The predicted molar refractivity (Wildman–Crippen MR) is 91.9 cm³/mol. The summed E-state index contributed by atoms with van der Waals surface area (Å²) in [6, 6.07) is 14.3. The Labute approximate surface area is 140 Å². The van der Waals surface area contributed by atoms with Crippen LogP contribution in [0.3, 0.4) is 0 Å². The Kier molecular flexibility index (Phi) is 4.35. The van der Waals surface area contributed by atoms with Gasteiger partial charge in [0, 0.05) is 23.6 Å². The lowest BCUT2D eigenvalue weighted by Crippen LogP contribution is -1.97. The topological polar surface area (TPSA) is 77.6 Å². The van der Waals surface area contributed by atoms with Crippen LogP contribution >= 0.6 is 0 Å². The molecule has 0 N–H and O–H groups in total. The van der Waals surface area contributed by atoms with Gasteiger partial charge in [-0.3, -0.25) is 0 Å². The van der Waals surface area contributed by atoms with E-state index in [-0.39, 0.29) is 0 Å². The van der Waals surface area contributed by atoms with Crippen LogP contribution in [0.15, 0.2) is 62.3 Å². The van der Waals surface area contributed by atoms with Crippen molar-refractivity contribution in [1.29, 1.82) is 0 Å². The summed E-state index contributed by atoms with van der Waals surface area (Å²) < 4.78 is 27.5. The molecule has 0 aliphatic heterocycles. The van der Waals surface area contributed by atoms with Crippen molar-refractivity contribution < 1.29 is 13.5 Å². The number of nitrogens with zero attached hydrogens (tertiary/aromatic N) is 3. The van der Waals surface area contributed by atoms with E-state index in [0.29, 0.717) is 28.0 Å². The molecule has 3 rings (SSSR count). The zero-order chi connectivity index (χ0) is 17.2. The second-order valence-corrected chi connectivity index (χ2v) is 7.52. The number of hydrogen-bond acceptors (Lipinski definition) is 6. The van der Waals surface area contributed by atoms with Crippen LogP contribution in [0.5, 0.6) is 5.75 Å². The number of ether oxygens (including phenoxy) is 1. The molecule has 7 heteroatoms. The summed E-state index contributed by atoms with van der Waals surface area (Å²) in [6.45, 7) is 1.73. The highest BCUT2D eigenvalue weighted by atomic mass is 32.2. The molecule has 0 aliphatic rings. The van der Waals surface area contributed by atoms with Gasteiger partial charge in [-0.1, -0.05) is 17.3 Å². The SMILES string of the molecule is COc1ccc(S(C)(=O)=Nc2cccc(-c3noc(C)n3)c2)cc1. The van der Waals surface area contributed by atoms with E-state index in [9.17, 15) is 4.21 Å². The van der Waals surface area contributed by atoms with Gasteiger partial charge in [0.25, 0.3) is 0 Å². The second-order valence-electron chi connectivity index (χ2n) is 5.26. The van der Waals surface area contributed by atoms with Crippen molar-refractivity contribution in [3.63, 3.8) is 0 Å². The third-order valence-corrected chi connectivity index (χ3v) is 5.11. The maximum atomic E-state index is 13.0. The number of aryl methyl sites for hydroxylation is 1. The molecular formula is C17H17N3O3S. The van der Waals surface area contributed by atoms with Crippen LogP contribution in [-0.2, 0) is 9.73 Å². The van der Waals surface area contributed by atoms with Gasteiger partial charge >= 0.3 is 0 Å². The molecule has 0 fully saturated rings. The van der Waals surface area contributed by atoms with E-state index in [1.807, 2.05) is 12.1 Å². The lowest BCUT2D eigenvalue weighted by atomic mass is 10.2. The van der Waals surface area contributed by atoms with Crippen molar-refractivity contribution in [2.24, 2.45) is 4.36 Å². The molecule has 1 atom stereocenters. The quantitative estimate of drug-likeness (QED) is 0.719. The zero-order valence-electron chi connectivity index (χ0n) is 13.6. The van der Waals surface area contributed by atoms with Crippen molar-refractivity contribution in [2.75, 3.05) is 13.4 Å². The fourth-order valence-corrected chi connectivity index (χ4v) is 3.46. The molecule has 0 radical (unpaired) electrons. The summed E-state index contributed by atoms with van der Waals surface area (Å²) in [5, 5.41) is 3.89. The van der Waals surface area contributed by atoms with Crippen LogP contribution in [0.4, 0.5) is 5.69 Å². The number of rotatable bonds is 4. The van der Waals surface area contributed by atoms with Crippen LogP contribution in [0, 0.1) is 6.92 Å². The van der Waals surface area contributed by atoms with Gasteiger partial charge in [-0.15, -0.1) is 0 Å². The summed E-state index contributed by atoms with van der Waals surface area (Å²) >= 11 is 0. The molecule has 0 bridgehead atoms. The zero-order valence-corrected chi connectivity index (χ0v) is 14.4. The molecule has 24 heavy (non-hydrogen) atoms. The van der Waals surface area contributed by atoms with Crippen molar-refractivity contribution in [3.05, 3.63) is 54.4 Å². The Morgan fingerprint density at radius 3 is 2.54 bits per heavy atom. The van der Waals surface area contributed by atoms with Gasteiger partial charge in [-0.05, 0) is 36.4 Å². The normalized spacial score (nSPS) is 13.3. The molecule has 124 valence electrons. The van der Waals surface area contributed by atoms with E-state index >= 15 is 0 Å². The molecule has 1 heterocycles. The van der Waals surface area contributed by atoms with Crippen LogP contribution in [0.25, 0.3) is 11.4 Å². The van der Waals surface area contributed by atoms with Crippen LogP contribution in [0.1, 0.15) is 5.89 Å². The standard InChI is InChI=1S/C17H17N3O3S/c1-12-18-17(19-23-12)13-5-4-6-14(11-13)20-24(3,21)16-9-7-15(22-2)8-10-16/h4-11H,1-3H3. The van der Waals surface area contributed by atoms with Gasteiger partial charge in [0.15, 0.2) is 0 Å². The molecule has 0 aliphatic carbocycles. The van der Waals surface area contributed by atoms with Gasteiger partial charge in [0.1, 0.15) is 5.75 Å². The van der Waals surface area contributed by atoms with Gasteiger partial charge in [0.05, 0.1) is 22.5 Å². The molecule has 3 aromatic rings. The van der Waals surface area contributed by atoms with Crippen molar-refractivity contribution in [2.45, 2.75) is 11.8 Å². The van der Waals surface area contributed by atoms with Crippen molar-refractivity contribution >= 4 is 15.4 Å². The molecule has 1 aromatic heterocycles. The average molecular weight is 343 g/mol. The smallest absolute Gasteiger partial charge is 0.223 e. The highest BCUT2D eigenvalue weighted by Crippen LogP contribution is 2.25. The minimum absolute atomic E-state index is 0.483. The first kappa shape index (κ1) is 16.2. The maximum Gasteiger partial charge on any atom is 0.223 e. The second kappa shape index (κ2) is 6.45. The van der Waals surface area contributed by atoms with E-state index in [1.54, 1.807) is 56.7 Å². The Hall–Kier alpha value is -2.67. The fourth-order valence-electron chi connectivity index (χ4n) is 2.20. The molecular weight excluding hydrogens is 326 g/mol. The summed E-state index contributed by atoms with van der Waals surface area (Å²) in [7, 11) is -0.986. The lowest BCUT2D eigenvalue weighted by molar-refractivity contribution is 0.394. The predicted octanol–water partition coefficient (Wildman–Crippen LogP) is 3.84. The molecule has 2 aromatic carbocycles. The van der Waals surface area contributed by atoms with E-state index < -0.39 is 9.73 Å². The van der Waals surface area contributed by atoms with Crippen LogP contribution in [0.2, 0.25) is 0 Å². The molecule has 0 saturated carbocycles. The highest BCUT2D eigenvalue weighted by molar-refractivity contribution is 7.93. The monoisotopic (exact) mass is 343 g/mol. The van der Waals surface area contributed by atoms with Gasteiger partial charge < -0.3 is 9.26 Å². The first-order chi connectivity index (χ1) is 11.5. The molecule has 0 saturated heterocycles. The first-order valence-corrected chi connectivity index (χ1v) is 9.17. The number of aromatic nitrogens is 2. The third-order valence-electron chi connectivity index (χ3n) is 3.41. The maximum absolute atomic E-state index is 13.0. The highest BCUT2D eigenvalue weighted by Gasteiger charge is 2.09. The largest absolute Gasteiger partial charge is 0.497 e. The summed E-state index contributed by atoms with van der Waals surface area (Å²) in [4.78, 5) is 4.83. The first-order valence-electron chi connectivity index (χ1n) is 7.25. The minimum Gasteiger partial charge on any atom is -0.497 e. The van der Waals surface area contributed by atoms with Crippen LogP contribution < -0.4 is 4.74 Å². The number of benzene rings is 2. The Bertz CT molecular complexity index is 971. The molecule has 1 unspecified atom stereocenters. The minimum atomic E-state index is -2.58. The molecule has 0 spiro atoms. The van der Waals surface area contributed by atoms with E-state index in [4.69, 9.17) is 9.26 Å².